The second-order valence-electron chi connectivity index (χ2n) is 4.16. The monoisotopic (exact) mass is 273 g/mol. The van der Waals surface area contributed by atoms with Crippen LogP contribution in [0.5, 0.6) is 0 Å². The largest absolute Gasteiger partial charge is 0.326 e. The predicted molar refractivity (Wildman–Crippen MR) is 73.8 cm³/mol. The summed E-state index contributed by atoms with van der Waals surface area (Å²) in [7, 11) is 0. The van der Waals surface area contributed by atoms with Gasteiger partial charge >= 0.3 is 0 Å². The average molecular weight is 274 g/mol. The normalized spacial score (nSPS) is 12.2. The van der Waals surface area contributed by atoms with E-state index >= 15 is 0 Å². The second-order valence-corrected chi connectivity index (χ2v) is 4.98. The zero-order valence-electron chi connectivity index (χ0n) is 10.1. The third-order valence-electron chi connectivity index (χ3n) is 2.63. The first-order chi connectivity index (χ1) is 8.04. The molecule has 1 aromatic carbocycles. The Labute approximate surface area is 112 Å². The van der Waals surface area contributed by atoms with E-state index in [-0.39, 0.29) is 11.8 Å². The predicted octanol–water partition coefficient (Wildman–Crippen LogP) is 4.76. The van der Waals surface area contributed by atoms with Gasteiger partial charge in [0.25, 0.3) is 0 Å². The van der Waals surface area contributed by atoms with Crippen molar-refractivity contribution >= 4 is 34.8 Å². The highest BCUT2D eigenvalue weighted by Gasteiger charge is 2.12. The molecule has 2 nitrogen and oxygen atoms in total. The van der Waals surface area contributed by atoms with E-state index in [1.807, 2.05) is 6.92 Å². The van der Waals surface area contributed by atoms with E-state index in [2.05, 4.69) is 12.2 Å². The molecule has 1 amide bonds. The molecule has 1 N–H and O–H groups in total. The van der Waals surface area contributed by atoms with E-state index < -0.39 is 0 Å². The molecular weight excluding hydrogens is 257 g/mol. The van der Waals surface area contributed by atoms with Gasteiger partial charge in [0, 0.05) is 11.6 Å². The first kappa shape index (κ1) is 14.3. The summed E-state index contributed by atoms with van der Waals surface area (Å²) >= 11 is 11.7. The summed E-state index contributed by atoms with van der Waals surface area (Å²) in [6.45, 7) is 4.05. The maximum absolute atomic E-state index is 11.8. The van der Waals surface area contributed by atoms with Crippen LogP contribution in [0, 0.1) is 5.92 Å². The number of benzene rings is 1. The van der Waals surface area contributed by atoms with E-state index in [0.29, 0.717) is 15.7 Å². The van der Waals surface area contributed by atoms with E-state index in [0.717, 1.165) is 19.3 Å². The summed E-state index contributed by atoms with van der Waals surface area (Å²) in [6, 6.07) is 5.09. The molecule has 0 saturated carbocycles. The van der Waals surface area contributed by atoms with Gasteiger partial charge in [-0.2, -0.15) is 0 Å². The van der Waals surface area contributed by atoms with Crippen molar-refractivity contribution in [2.75, 3.05) is 5.32 Å². The molecule has 1 unspecified atom stereocenters. The summed E-state index contributed by atoms with van der Waals surface area (Å²) in [5, 5.41) is 3.78. The number of hydrogen-bond donors (Lipinski definition) is 1. The molecule has 1 atom stereocenters. The van der Waals surface area contributed by atoms with E-state index in [9.17, 15) is 4.79 Å². The Bertz CT molecular complexity index is 393. The van der Waals surface area contributed by atoms with Crippen LogP contribution in [0.15, 0.2) is 18.2 Å². The summed E-state index contributed by atoms with van der Waals surface area (Å²) in [6.07, 6.45) is 3.07. The quantitative estimate of drug-likeness (QED) is 0.824. The average Bonchev–Trinajstić information content (AvgIpc) is 2.30. The molecule has 0 aliphatic rings. The van der Waals surface area contributed by atoms with Gasteiger partial charge in [-0.1, -0.05) is 49.9 Å². The fraction of sp³-hybridized carbons (Fsp3) is 0.462. The first-order valence-corrected chi connectivity index (χ1v) is 6.56. The van der Waals surface area contributed by atoms with Crippen molar-refractivity contribution in [1.29, 1.82) is 0 Å². The van der Waals surface area contributed by atoms with Gasteiger partial charge in [-0.25, -0.2) is 0 Å². The lowest BCUT2D eigenvalue weighted by Crippen LogP contribution is -2.20. The molecule has 0 aromatic heterocycles. The Morgan fingerprint density at radius 3 is 2.65 bits per heavy atom. The molecule has 4 heteroatoms. The summed E-state index contributed by atoms with van der Waals surface area (Å²) in [5.41, 5.74) is 0.688. The van der Waals surface area contributed by atoms with Crippen molar-refractivity contribution in [3.63, 3.8) is 0 Å². The number of amides is 1. The molecule has 0 bridgehead atoms. The minimum atomic E-state index is 0.0180. The Kier molecular flexibility index (Phi) is 5.79. The number of carbonyl (C=O) groups is 1. The van der Waals surface area contributed by atoms with Crippen LogP contribution >= 0.6 is 23.2 Å². The van der Waals surface area contributed by atoms with Crippen LogP contribution in [-0.2, 0) is 4.79 Å². The zero-order chi connectivity index (χ0) is 12.8. The highest BCUT2D eigenvalue weighted by Crippen LogP contribution is 2.25. The number of anilines is 1. The van der Waals surface area contributed by atoms with Gasteiger partial charge in [0.15, 0.2) is 0 Å². The van der Waals surface area contributed by atoms with Crippen LogP contribution in [0.1, 0.15) is 33.1 Å². The minimum Gasteiger partial charge on any atom is -0.326 e. The van der Waals surface area contributed by atoms with Gasteiger partial charge in [0.05, 0.1) is 10.0 Å². The molecule has 0 aliphatic heterocycles. The molecule has 0 spiro atoms. The van der Waals surface area contributed by atoms with Gasteiger partial charge < -0.3 is 5.32 Å². The summed E-state index contributed by atoms with van der Waals surface area (Å²) in [5.74, 6) is 0.0428. The van der Waals surface area contributed by atoms with Gasteiger partial charge in [0.2, 0.25) is 5.91 Å². The van der Waals surface area contributed by atoms with Crippen molar-refractivity contribution in [2.45, 2.75) is 33.1 Å². The lowest BCUT2D eigenvalue weighted by molar-refractivity contribution is -0.119. The van der Waals surface area contributed by atoms with E-state index in [4.69, 9.17) is 23.2 Å². The molecule has 0 saturated heterocycles. The molecule has 94 valence electrons. The maximum Gasteiger partial charge on any atom is 0.227 e. The lowest BCUT2D eigenvalue weighted by atomic mass is 10.0. The minimum absolute atomic E-state index is 0.0180. The van der Waals surface area contributed by atoms with Gasteiger partial charge in [-0.15, -0.1) is 0 Å². The van der Waals surface area contributed by atoms with Crippen molar-refractivity contribution in [1.82, 2.24) is 0 Å². The molecule has 17 heavy (non-hydrogen) atoms. The topological polar surface area (TPSA) is 29.1 Å². The number of nitrogens with one attached hydrogen (secondary N) is 1. The fourth-order valence-corrected chi connectivity index (χ4v) is 1.78. The maximum atomic E-state index is 11.8. The van der Waals surface area contributed by atoms with E-state index in [1.54, 1.807) is 18.2 Å². The standard InChI is InChI=1S/C13H17Cl2NO/c1-3-4-5-9(2)13(17)16-10-6-7-11(14)12(15)8-10/h6-9H,3-5H2,1-2H3,(H,16,17). The molecule has 0 fully saturated rings. The van der Waals surface area contributed by atoms with Gasteiger partial charge in [-0.3, -0.25) is 4.79 Å². The Morgan fingerprint density at radius 2 is 2.06 bits per heavy atom. The number of halogens is 2. The Morgan fingerprint density at radius 1 is 1.35 bits per heavy atom. The fourth-order valence-electron chi connectivity index (χ4n) is 1.48. The number of rotatable bonds is 5. The van der Waals surface area contributed by atoms with Crippen molar-refractivity contribution in [3.05, 3.63) is 28.2 Å². The molecule has 0 heterocycles. The van der Waals surface area contributed by atoms with Crippen molar-refractivity contribution in [2.24, 2.45) is 5.92 Å². The van der Waals surface area contributed by atoms with Crippen LogP contribution in [0.2, 0.25) is 10.0 Å². The number of hydrogen-bond acceptors (Lipinski definition) is 1. The zero-order valence-corrected chi connectivity index (χ0v) is 11.6. The smallest absolute Gasteiger partial charge is 0.227 e. The van der Waals surface area contributed by atoms with Crippen LogP contribution < -0.4 is 5.32 Å². The third kappa shape index (κ3) is 4.57. The summed E-state index contributed by atoms with van der Waals surface area (Å²) in [4.78, 5) is 11.8. The van der Waals surface area contributed by atoms with Crippen LogP contribution in [0.25, 0.3) is 0 Å². The molecule has 0 aliphatic carbocycles. The SMILES string of the molecule is CCCCC(C)C(=O)Nc1ccc(Cl)c(Cl)c1. The number of unbranched alkanes of at least 4 members (excludes halogenated alkanes) is 1. The van der Waals surface area contributed by atoms with Crippen LogP contribution in [-0.4, -0.2) is 5.91 Å². The van der Waals surface area contributed by atoms with Crippen molar-refractivity contribution < 1.29 is 4.79 Å². The Balaban J connectivity index is 2.58. The van der Waals surface area contributed by atoms with Gasteiger partial charge in [0.1, 0.15) is 0 Å². The molecule has 0 radical (unpaired) electrons. The second kappa shape index (κ2) is 6.87. The number of carbonyl (C=O) groups excluding carboxylic acids is 1. The van der Waals surface area contributed by atoms with Crippen molar-refractivity contribution in [3.8, 4) is 0 Å². The molecule has 1 aromatic rings. The van der Waals surface area contributed by atoms with Crippen LogP contribution in [0.4, 0.5) is 5.69 Å². The van der Waals surface area contributed by atoms with Crippen LogP contribution in [0.3, 0.4) is 0 Å². The highest BCUT2D eigenvalue weighted by molar-refractivity contribution is 6.42. The molecule has 1 rings (SSSR count). The highest BCUT2D eigenvalue weighted by atomic mass is 35.5. The van der Waals surface area contributed by atoms with Gasteiger partial charge in [-0.05, 0) is 24.6 Å². The first-order valence-electron chi connectivity index (χ1n) is 5.80. The van der Waals surface area contributed by atoms with E-state index in [1.165, 1.54) is 0 Å². The molecular formula is C13H17Cl2NO. The Hall–Kier alpha value is -0.730. The third-order valence-corrected chi connectivity index (χ3v) is 3.36. The summed E-state index contributed by atoms with van der Waals surface area (Å²) < 4.78 is 0. The lowest BCUT2D eigenvalue weighted by Gasteiger charge is -2.12.